The molecule has 0 radical (unpaired) electrons. The van der Waals surface area contributed by atoms with Gasteiger partial charge in [-0.1, -0.05) is 31.2 Å². The van der Waals surface area contributed by atoms with Gasteiger partial charge in [0.2, 0.25) is 6.41 Å². The number of hydrogen-bond acceptors (Lipinski definition) is 3. The van der Waals surface area contributed by atoms with Crippen molar-refractivity contribution in [2.45, 2.75) is 32.7 Å². The van der Waals surface area contributed by atoms with Gasteiger partial charge in [-0.3, -0.25) is 9.59 Å². The smallest absolute Gasteiger partial charge is 0.207 e. The maximum atomic E-state index is 12.9. The second-order valence-corrected chi connectivity index (χ2v) is 6.40. The van der Waals surface area contributed by atoms with Gasteiger partial charge in [-0.25, -0.2) is 4.39 Å². The molecule has 0 bridgehead atoms. The van der Waals surface area contributed by atoms with Crippen LogP contribution >= 0.6 is 0 Å². The van der Waals surface area contributed by atoms with E-state index in [0.29, 0.717) is 25.8 Å². The van der Waals surface area contributed by atoms with E-state index in [4.69, 9.17) is 0 Å². The fourth-order valence-corrected chi connectivity index (χ4v) is 2.66. The molecule has 0 saturated heterocycles. The van der Waals surface area contributed by atoms with Crippen molar-refractivity contribution in [3.8, 4) is 0 Å². The fourth-order valence-electron chi connectivity index (χ4n) is 2.66. The summed E-state index contributed by atoms with van der Waals surface area (Å²) in [4.78, 5) is 22.5. The lowest BCUT2D eigenvalue weighted by molar-refractivity contribution is -0.122. The summed E-state index contributed by atoms with van der Waals surface area (Å²) < 4.78 is 12.9. The van der Waals surface area contributed by atoms with E-state index in [1.54, 1.807) is 12.1 Å². The maximum absolute atomic E-state index is 12.9. The van der Waals surface area contributed by atoms with Crippen molar-refractivity contribution < 1.29 is 14.0 Å². The molecule has 5 heteroatoms. The number of aryl methyl sites for hydroxylation is 1. The molecule has 138 valence electrons. The second-order valence-electron chi connectivity index (χ2n) is 6.40. The molecule has 2 rings (SSSR count). The normalized spacial score (nSPS) is 11.6. The summed E-state index contributed by atoms with van der Waals surface area (Å²) in [5.41, 5.74) is 3.01. The Morgan fingerprint density at radius 3 is 2.38 bits per heavy atom. The number of amides is 1. The number of anilines is 1. The minimum absolute atomic E-state index is 0.0148. The van der Waals surface area contributed by atoms with Crippen molar-refractivity contribution in [3.05, 3.63) is 65.5 Å². The monoisotopic (exact) mass is 356 g/mol. The van der Waals surface area contributed by atoms with Crippen molar-refractivity contribution in [2.75, 3.05) is 11.9 Å². The predicted molar refractivity (Wildman–Crippen MR) is 101 cm³/mol. The quantitative estimate of drug-likeness (QED) is 0.604. The van der Waals surface area contributed by atoms with E-state index in [9.17, 15) is 14.0 Å². The Morgan fingerprint density at radius 2 is 1.73 bits per heavy atom. The largest absolute Gasteiger partial charge is 0.385 e. The van der Waals surface area contributed by atoms with E-state index in [1.165, 1.54) is 12.1 Å². The molecule has 0 saturated carbocycles. The van der Waals surface area contributed by atoms with Gasteiger partial charge in [0.25, 0.3) is 0 Å². The minimum Gasteiger partial charge on any atom is -0.385 e. The van der Waals surface area contributed by atoms with Gasteiger partial charge in [0, 0.05) is 31.1 Å². The van der Waals surface area contributed by atoms with Crippen LogP contribution in [0.5, 0.6) is 0 Å². The van der Waals surface area contributed by atoms with Crippen LogP contribution in [0.1, 0.15) is 30.9 Å². The molecule has 4 nitrogen and oxygen atoms in total. The van der Waals surface area contributed by atoms with Gasteiger partial charge in [0.1, 0.15) is 11.6 Å². The summed E-state index contributed by atoms with van der Waals surface area (Å²) in [5, 5.41) is 5.93. The van der Waals surface area contributed by atoms with Crippen molar-refractivity contribution >= 4 is 17.9 Å². The van der Waals surface area contributed by atoms with Crippen molar-refractivity contribution in [1.29, 1.82) is 0 Å². The van der Waals surface area contributed by atoms with Crippen LogP contribution < -0.4 is 10.6 Å². The maximum Gasteiger partial charge on any atom is 0.207 e. The second kappa shape index (κ2) is 10.3. The summed E-state index contributed by atoms with van der Waals surface area (Å²) in [7, 11) is 0. The third-order valence-corrected chi connectivity index (χ3v) is 4.37. The highest BCUT2D eigenvalue weighted by molar-refractivity contribution is 5.80. The number of nitrogens with one attached hydrogen (secondary N) is 2. The number of rotatable bonds is 11. The van der Waals surface area contributed by atoms with Gasteiger partial charge < -0.3 is 10.6 Å². The molecule has 0 aromatic heterocycles. The van der Waals surface area contributed by atoms with Crippen LogP contribution in [-0.2, 0) is 22.6 Å². The SMILES string of the molecule is CC(CCNc1ccc(CNC=O)cc1)C(=O)CCc1ccc(F)cc1. The van der Waals surface area contributed by atoms with E-state index in [2.05, 4.69) is 10.6 Å². The lowest BCUT2D eigenvalue weighted by Gasteiger charge is -2.12. The molecule has 1 unspecified atom stereocenters. The number of benzene rings is 2. The van der Waals surface area contributed by atoms with Gasteiger partial charge in [-0.05, 0) is 48.2 Å². The Bertz CT molecular complexity index is 699. The third-order valence-electron chi connectivity index (χ3n) is 4.37. The van der Waals surface area contributed by atoms with Gasteiger partial charge in [-0.2, -0.15) is 0 Å². The lowest BCUT2D eigenvalue weighted by atomic mass is 9.97. The first kappa shape index (κ1) is 19.6. The zero-order valence-electron chi connectivity index (χ0n) is 15.0. The number of ketones is 1. The van der Waals surface area contributed by atoms with E-state index >= 15 is 0 Å². The van der Waals surface area contributed by atoms with Crippen LogP contribution in [0, 0.1) is 11.7 Å². The van der Waals surface area contributed by atoms with Crippen LogP contribution in [0.2, 0.25) is 0 Å². The molecule has 0 aliphatic carbocycles. The lowest BCUT2D eigenvalue weighted by Crippen LogP contribution is -2.16. The van der Waals surface area contributed by atoms with E-state index in [1.807, 2.05) is 31.2 Å². The zero-order chi connectivity index (χ0) is 18.8. The van der Waals surface area contributed by atoms with E-state index < -0.39 is 0 Å². The Balaban J connectivity index is 1.68. The van der Waals surface area contributed by atoms with Gasteiger partial charge in [0.05, 0.1) is 0 Å². The van der Waals surface area contributed by atoms with Crippen LogP contribution in [0.4, 0.5) is 10.1 Å². The number of halogens is 1. The standard InChI is InChI=1S/C21H25FN2O2/c1-16(21(26)11-6-17-2-7-19(22)8-3-17)12-13-24-20-9-4-18(5-10-20)14-23-15-25/h2-5,7-10,15-16,24H,6,11-14H2,1H3,(H,23,25). The zero-order valence-corrected chi connectivity index (χ0v) is 15.0. The molecule has 0 spiro atoms. The van der Waals surface area contributed by atoms with E-state index in [0.717, 1.165) is 29.8 Å². The molecule has 0 aliphatic heterocycles. The minimum atomic E-state index is -0.257. The van der Waals surface area contributed by atoms with Crippen LogP contribution in [0.3, 0.4) is 0 Å². The van der Waals surface area contributed by atoms with Crippen molar-refractivity contribution in [3.63, 3.8) is 0 Å². The molecule has 26 heavy (non-hydrogen) atoms. The average molecular weight is 356 g/mol. The van der Waals surface area contributed by atoms with Crippen LogP contribution in [0.15, 0.2) is 48.5 Å². The summed E-state index contributed by atoms with van der Waals surface area (Å²) in [5.74, 6) is -0.0435. The molecular weight excluding hydrogens is 331 g/mol. The Hall–Kier alpha value is -2.69. The summed E-state index contributed by atoms with van der Waals surface area (Å²) in [6, 6.07) is 14.1. The Kier molecular flexibility index (Phi) is 7.80. The van der Waals surface area contributed by atoms with Crippen LogP contribution in [-0.4, -0.2) is 18.7 Å². The Labute approximate surface area is 153 Å². The van der Waals surface area contributed by atoms with Gasteiger partial charge in [-0.15, -0.1) is 0 Å². The summed E-state index contributed by atoms with van der Waals surface area (Å²) in [6.45, 7) is 3.18. The highest BCUT2D eigenvalue weighted by Gasteiger charge is 2.12. The molecule has 2 aromatic rings. The molecule has 0 fully saturated rings. The van der Waals surface area contributed by atoms with Crippen LogP contribution in [0.25, 0.3) is 0 Å². The molecule has 1 amide bonds. The molecular formula is C21H25FN2O2. The van der Waals surface area contributed by atoms with Gasteiger partial charge >= 0.3 is 0 Å². The molecule has 2 aromatic carbocycles. The van der Waals surface area contributed by atoms with Crippen molar-refractivity contribution in [1.82, 2.24) is 5.32 Å². The first-order chi connectivity index (χ1) is 12.6. The number of carbonyl (C=O) groups is 2. The summed E-state index contributed by atoms with van der Waals surface area (Å²) in [6.07, 6.45) is 2.57. The van der Waals surface area contributed by atoms with Gasteiger partial charge in [0.15, 0.2) is 0 Å². The first-order valence-corrected chi connectivity index (χ1v) is 8.85. The highest BCUT2D eigenvalue weighted by atomic mass is 19.1. The molecule has 2 N–H and O–H groups in total. The number of hydrogen-bond donors (Lipinski definition) is 2. The molecule has 0 aliphatic rings. The number of carbonyl (C=O) groups excluding carboxylic acids is 2. The molecule has 1 atom stereocenters. The summed E-state index contributed by atoms with van der Waals surface area (Å²) >= 11 is 0. The number of Topliss-reactive ketones (excluding diaryl/α,β-unsaturated/α-hetero) is 1. The Morgan fingerprint density at radius 1 is 1.08 bits per heavy atom. The first-order valence-electron chi connectivity index (χ1n) is 8.85. The highest BCUT2D eigenvalue weighted by Crippen LogP contribution is 2.13. The average Bonchev–Trinajstić information content (AvgIpc) is 2.66. The topological polar surface area (TPSA) is 58.2 Å². The van der Waals surface area contributed by atoms with E-state index in [-0.39, 0.29) is 17.5 Å². The predicted octanol–water partition coefficient (Wildman–Crippen LogP) is 3.71. The van der Waals surface area contributed by atoms with Crippen molar-refractivity contribution in [2.24, 2.45) is 5.92 Å². The molecule has 0 heterocycles. The third kappa shape index (κ3) is 6.67. The fraction of sp³-hybridized carbons (Fsp3) is 0.333.